The van der Waals surface area contributed by atoms with Gasteiger partial charge in [-0.25, -0.2) is 0 Å². The molecule has 0 fully saturated rings. The number of hydrogen-bond donors (Lipinski definition) is 0. The van der Waals surface area contributed by atoms with Gasteiger partial charge in [0.05, 0.1) is 0 Å². The monoisotopic (exact) mass is 296 g/mol. The summed E-state index contributed by atoms with van der Waals surface area (Å²) in [6.07, 6.45) is 11.2. The van der Waals surface area contributed by atoms with E-state index in [2.05, 4.69) is 61.9 Å². The van der Waals surface area contributed by atoms with Gasteiger partial charge in [-0.3, -0.25) is 9.97 Å². The molecule has 2 rings (SSSR count). The van der Waals surface area contributed by atoms with E-state index in [1.54, 1.807) is 0 Å². The Hall–Kier alpha value is -1.70. The summed E-state index contributed by atoms with van der Waals surface area (Å²) in [4.78, 5) is 8.30. The molecule has 2 heteroatoms. The lowest BCUT2D eigenvalue weighted by atomic mass is 9.68. The van der Waals surface area contributed by atoms with Crippen molar-refractivity contribution in [2.75, 3.05) is 0 Å². The molecule has 0 saturated carbocycles. The van der Waals surface area contributed by atoms with Crippen molar-refractivity contribution in [2.45, 2.75) is 58.8 Å². The number of pyridine rings is 2. The van der Waals surface area contributed by atoms with Crippen LogP contribution >= 0.6 is 0 Å². The van der Waals surface area contributed by atoms with Crippen molar-refractivity contribution in [2.24, 2.45) is 5.41 Å². The summed E-state index contributed by atoms with van der Waals surface area (Å²) in [6.45, 7) is 9.42. The Kier molecular flexibility index (Phi) is 5.70. The van der Waals surface area contributed by atoms with Crippen LogP contribution in [0.5, 0.6) is 0 Å². The first-order chi connectivity index (χ1) is 10.5. The van der Waals surface area contributed by atoms with Crippen LogP contribution in [0.2, 0.25) is 0 Å². The van der Waals surface area contributed by atoms with Gasteiger partial charge in [0.1, 0.15) is 0 Å². The SMILES string of the molecule is CCCC(c1ccncc1)C(C)(C)CC(C)c1ccncc1. The van der Waals surface area contributed by atoms with Gasteiger partial charge in [-0.1, -0.05) is 34.1 Å². The third-order valence-corrected chi connectivity index (χ3v) is 4.74. The number of hydrogen-bond acceptors (Lipinski definition) is 2. The Bertz CT molecular complexity index is 548. The zero-order valence-electron chi connectivity index (χ0n) is 14.3. The van der Waals surface area contributed by atoms with Crippen LogP contribution < -0.4 is 0 Å². The molecule has 0 aliphatic rings. The Balaban J connectivity index is 2.18. The van der Waals surface area contributed by atoms with Gasteiger partial charge in [0.25, 0.3) is 0 Å². The number of nitrogens with zero attached hydrogens (tertiary/aromatic N) is 2. The largest absolute Gasteiger partial charge is 0.265 e. The molecule has 2 aromatic rings. The molecule has 0 bridgehead atoms. The van der Waals surface area contributed by atoms with E-state index >= 15 is 0 Å². The molecule has 2 atom stereocenters. The highest BCUT2D eigenvalue weighted by Gasteiger charge is 2.31. The summed E-state index contributed by atoms with van der Waals surface area (Å²) in [7, 11) is 0. The zero-order valence-corrected chi connectivity index (χ0v) is 14.3. The van der Waals surface area contributed by atoms with E-state index in [0.717, 1.165) is 0 Å². The molecule has 22 heavy (non-hydrogen) atoms. The van der Waals surface area contributed by atoms with Crippen molar-refractivity contribution >= 4 is 0 Å². The highest BCUT2D eigenvalue weighted by molar-refractivity contribution is 5.20. The molecule has 2 nitrogen and oxygen atoms in total. The minimum atomic E-state index is 0.250. The first-order valence-corrected chi connectivity index (χ1v) is 8.34. The summed E-state index contributed by atoms with van der Waals surface area (Å²) in [5, 5.41) is 0. The Morgan fingerprint density at radius 2 is 1.41 bits per heavy atom. The van der Waals surface area contributed by atoms with E-state index < -0.39 is 0 Å². The summed E-state index contributed by atoms with van der Waals surface area (Å²) in [5.41, 5.74) is 3.05. The van der Waals surface area contributed by atoms with Crippen LogP contribution in [0.1, 0.15) is 69.9 Å². The maximum absolute atomic E-state index is 4.17. The number of rotatable bonds is 7. The van der Waals surface area contributed by atoms with E-state index in [9.17, 15) is 0 Å². The zero-order chi connectivity index (χ0) is 16.0. The Morgan fingerprint density at radius 3 is 1.91 bits per heavy atom. The molecule has 0 aliphatic carbocycles. The van der Waals surface area contributed by atoms with Crippen LogP contribution in [0.3, 0.4) is 0 Å². The minimum Gasteiger partial charge on any atom is -0.265 e. The van der Waals surface area contributed by atoms with Crippen LogP contribution in [-0.4, -0.2) is 9.97 Å². The summed E-state index contributed by atoms with van der Waals surface area (Å²) < 4.78 is 0. The van der Waals surface area contributed by atoms with E-state index in [1.165, 1.54) is 30.4 Å². The van der Waals surface area contributed by atoms with Crippen molar-refractivity contribution < 1.29 is 0 Å². The molecule has 0 radical (unpaired) electrons. The fourth-order valence-electron chi connectivity index (χ4n) is 3.63. The predicted molar refractivity (Wildman–Crippen MR) is 92.9 cm³/mol. The van der Waals surface area contributed by atoms with E-state index in [0.29, 0.717) is 11.8 Å². The lowest BCUT2D eigenvalue weighted by Gasteiger charge is -2.37. The van der Waals surface area contributed by atoms with Crippen LogP contribution in [0.4, 0.5) is 0 Å². The highest BCUT2D eigenvalue weighted by atomic mass is 14.6. The Labute approximate surface area is 135 Å². The van der Waals surface area contributed by atoms with Gasteiger partial charge in [0.2, 0.25) is 0 Å². The second kappa shape index (κ2) is 7.53. The van der Waals surface area contributed by atoms with Crippen molar-refractivity contribution in [3.63, 3.8) is 0 Å². The standard InChI is InChI=1S/C20H28N2/c1-5-6-19(18-9-13-22-14-10-18)20(3,4)15-16(2)17-7-11-21-12-8-17/h7-14,16,19H,5-6,15H2,1-4H3. The van der Waals surface area contributed by atoms with Crippen molar-refractivity contribution in [3.05, 3.63) is 60.2 Å². The molecule has 0 N–H and O–H groups in total. The van der Waals surface area contributed by atoms with Crippen molar-refractivity contribution in [3.8, 4) is 0 Å². The summed E-state index contributed by atoms with van der Waals surface area (Å²) in [6, 6.07) is 8.64. The predicted octanol–water partition coefficient (Wildman–Crippen LogP) is 5.58. The lowest BCUT2D eigenvalue weighted by Crippen LogP contribution is -2.24. The third kappa shape index (κ3) is 4.16. The highest BCUT2D eigenvalue weighted by Crippen LogP contribution is 2.45. The molecule has 0 aromatic carbocycles. The lowest BCUT2D eigenvalue weighted by molar-refractivity contribution is 0.233. The maximum Gasteiger partial charge on any atom is 0.0270 e. The van der Waals surface area contributed by atoms with Crippen LogP contribution in [0.15, 0.2) is 49.1 Å². The molecule has 2 aromatic heterocycles. The molecule has 118 valence electrons. The van der Waals surface area contributed by atoms with Gasteiger partial charge in [-0.05, 0) is 65.5 Å². The van der Waals surface area contributed by atoms with Gasteiger partial charge in [0.15, 0.2) is 0 Å². The first-order valence-electron chi connectivity index (χ1n) is 8.34. The second-order valence-electron chi connectivity index (χ2n) is 7.00. The molecule has 0 aliphatic heterocycles. The van der Waals surface area contributed by atoms with Crippen LogP contribution in [0.25, 0.3) is 0 Å². The molecule has 0 saturated heterocycles. The third-order valence-electron chi connectivity index (χ3n) is 4.74. The number of aromatic nitrogens is 2. The normalized spacial score (nSPS) is 14.5. The summed E-state index contributed by atoms with van der Waals surface area (Å²) in [5.74, 6) is 1.11. The topological polar surface area (TPSA) is 25.8 Å². The molecule has 0 amide bonds. The fourth-order valence-corrected chi connectivity index (χ4v) is 3.63. The molecule has 2 heterocycles. The van der Waals surface area contributed by atoms with Gasteiger partial charge < -0.3 is 0 Å². The second-order valence-corrected chi connectivity index (χ2v) is 7.00. The molecule has 2 unspecified atom stereocenters. The van der Waals surface area contributed by atoms with Gasteiger partial charge >= 0.3 is 0 Å². The van der Waals surface area contributed by atoms with Crippen molar-refractivity contribution in [1.82, 2.24) is 9.97 Å². The van der Waals surface area contributed by atoms with Gasteiger partial charge in [-0.2, -0.15) is 0 Å². The molecular weight excluding hydrogens is 268 g/mol. The average Bonchev–Trinajstić information content (AvgIpc) is 2.53. The van der Waals surface area contributed by atoms with Crippen LogP contribution in [0, 0.1) is 5.41 Å². The average molecular weight is 296 g/mol. The Morgan fingerprint density at radius 1 is 0.909 bits per heavy atom. The van der Waals surface area contributed by atoms with Gasteiger partial charge in [0, 0.05) is 24.8 Å². The van der Waals surface area contributed by atoms with E-state index in [-0.39, 0.29) is 5.41 Å². The minimum absolute atomic E-state index is 0.250. The quantitative estimate of drug-likeness (QED) is 0.666. The maximum atomic E-state index is 4.17. The smallest absolute Gasteiger partial charge is 0.0270 e. The summed E-state index contributed by atoms with van der Waals surface area (Å²) >= 11 is 0. The van der Waals surface area contributed by atoms with Crippen LogP contribution in [-0.2, 0) is 0 Å². The van der Waals surface area contributed by atoms with Gasteiger partial charge in [-0.15, -0.1) is 0 Å². The molecular formula is C20H28N2. The van der Waals surface area contributed by atoms with E-state index in [4.69, 9.17) is 0 Å². The molecule has 0 spiro atoms. The fraction of sp³-hybridized carbons (Fsp3) is 0.500. The van der Waals surface area contributed by atoms with Crippen molar-refractivity contribution in [1.29, 1.82) is 0 Å². The first kappa shape index (κ1) is 16.7. The van der Waals surface area contributed by atoms with E-state index in [1.807, 2.05) is 24.8 Å².